The van der Waals surface area contributed by atoms with Crippen LogP contribution in [0.15, 0.2) is 69.6 Å². The Bertz CT molecular complexity index is 1240. The summed E-state index contributed by atoms with van der Waals surface area (Å²) in [5.74, 6) is -0.273. The summed E-state index contributed by atoms with van der Waals surface area (Å²) >= 11 is 10.6. The zero-order chi connectivity index (χ0) is 19.7. The Hall–Kier alpha value is -2.48. The number of aromatic nitrogens is 2. The standard InChI is InChI=1S/C20H13BrClN3O2S/c21-20-24-10-17(28-20)19(27)23-9-12-11-25(14-4-2-1-3-5-14)16-8-13(22)6-7-15(16)18(12)26/h1-8,10-11H,9H2,(H,23,27). The molecule has 0 unspecified atom stereocenters. The van der Waals surface area contributed by atoms with Crippen molar-refractivity contribution < 1.29 is 4.79 Å². The van der Waals surface area contributed by atoms with Crippen LogP contribution in [0.5, 0.6) is 0 Å². The number of benzene rings is 2. The van der Waals surface area contributed by atoms with Crippen molar-refractivity contribution in [3.63, 3.8) is 0 Å². The Labute approximate surface area is 177 Å². The van der Waals surface area contributed by atoms with E-state index in [1.807, 2.05) is 34.9 Å². The van der Waals surface area contributed by atoms with E-state index in [-0.39, 0.29) is 17.9 Å². The Morgan fingerprint density at radius 1 is 1.21 bits per heavy atom. The van der Waals surface area contributed by atoms with Gasteiger partial charge in [0.1, 0.15) is 4.88 Å². The highest BCUT2D eigenvalue weighted by atomic mass is 79.9. The van der Waals surface area contributed by atoms with E-state index < -0.39 is 0 Å². The van der Waals surface area contributed by atoms with Gasteiger partial charge >= 0.3 is 0 Å². The molecule has 2 aromatic heterocycles. The first-order valence-electron chi connectivity index (χ1n) is 8.31. The average Bonchev–Trinajstić information content (AvgIpc) is 3.14. The van der Waals surface area contributed by atoms with Crippen molar-refractivity contribution in [2.75, 3.05) is 0 Å². The number of thiazole rings is 1. The molecule has 0 aliphatic rings. The number of fused-ring (bicyclic) bond motifs is 1. The molecule has 5 nitrogen and oxygen atoms in total. The normalized spacial score (nSPS) is 10.9. The van der Waals surface area contributed by atoms with Gasteiger partial charge in [0.15, 0.2) is 9.35 Å². The van der Waals surface area contributed by atoms with Crippen LogP contribution in [0, 0.1) is 0 Å². The van der Waals surface area contributed by atoms with Crippen molar-refractivity contribution in [3.8, 4) is 5.69 Å². The minimum absolute atomic E-state index is 0.110. The first-order chi connectivity index (χ1) is 13.5. The maximum atomic E-state index is 13.0. The van der Waals surface area contributed by atoms with Crippen molar-refractivity contribution in [1.29, 1.82) is 0 Å². The fourth-order valence-corrected chi connectivity index (χ4v) is 4.25. The first-order valence-corrected chi connectivity index (χ1v) is 10.3. The Morgan fingerprint density at radius 3 is 2.71 bits per heavy atom. The molecule has 0 spiro atoms. The van der Waals surface area contributed by atoms with Crippen LogP contribution >= 0.6 is 38.9 Å². The van der Waals surface area contributed by atoms with Gasteiger partial charge < -0.3 is 9.88 Å². The number of hydrogen-bond acceptors (Lipinski definition) is 4. The molecule has 28 heavy (non-hydrogen) atoms. The maximum Gasteiger partial charge on any atom is 0.263 e. The van der Waals surface area contributed by atoms with Gasteiger partial charge in [0.25, 0.3) is 5.91 Å². The van der Waals surface area contributed by atoms with Crippen LogP contribution in [0.4, 0.5) is 0 Å². The number of hydrogen-bond donors (Lipinski definition) is 1. The van der Waals surface area contributed by atoms with Crippen molar-refractivity contribution in [3.05, 3.63) is 90.5 Å². The van der Waals surface area contributed by atoms with Crippen molar-refractivity contribution in [2.24, 2.45) is 0 Å². The SMILES string of the molecule is O=C(NCc1cn(-c2ccccc2)c2cc(Cl)ccc2c1=O)c1cnc(Br)s1. The number of nitrogens with zero attached hydrogens (tertiary/aromatic N) is 2. The molecule has 2 heterocycles. The monoisotopic (exact) mass is 473 g/mol. The maximum absolute atomic E-state index is 13.0. The third-order valence-corrected chi connectivity index (χ3v) is 5.93. The third kappa shape index (κ3) is 3.73. The Morgan fingerprint density at radius 2 is 2.00 bits per heavy atom. The molecule has 4 rings (SSSR count). The molecule has 8 heteroatoms. The van der Waals surface area contributed by atoms with Crippen LogP contribution in [0.25, 0.3) is 16.6 Å². The minimum Gasteiger partial charge on any atom is -0.347 e. The lowest BCUT2D eigenvalue weighted by Gasteiger charge is -2.14. The molecule has 140 valence electrons. The molecular formula is C20H13BrClN3O2S. The van der Waals surface area contributed by atoms with Crippen LogP contribution in [0.2, 0.25) is 5.02 Å². The molecular weight excluding hydrogens is 462 g/mol. The van der Waals surface area contributed by atoms with Gasteiger partial charge in [0.2, 0.25) is 0 Å². The van der Waals surface area contributed by atoms with Crippen LogP contribution in [0.3, 0.4) is 0 Å². The number of carbonyl (C=O) groups excluding carboxylic acids is 1. The summed E-state index contributed by atoms with van der Waals surface area (Å²) in [6.07, 6.45) is 3.24. The predicted molar refractivity (Wildman–Crippen MR) is 116 cm³/mol. The van der Waals surface area contributed by atoms with Crippen molar-refractivity contribution >= 4 is 55.7 Å². The van der Waals surface area contributed by atoms with Crippen LogP contribution in [-0.2, 0) is 6.54 Å². The number of carbonyl (C=O) groups is 1. The number of para-hydroxylation sites is 1. The van der Waals surface area contributed by atoms with E-state index in [0.29, 0.717) is 30.3 Å². The summed E-state index contributed by atoms with van der Waals surface area (Å²) in [4.78, 5) is 29.8. The molecule has 0 bridgehead atoms. The number of amides is 1. The molecule has 0 atom stereocenters. The fourth-order valence-electron chi connectivity index (χ4n) is 2.90. The Kier molecular flexibility index (Phi) is 5.30. The van der Waals surface area contributed by atoms with Gasteiger partial charge in [-0.3, -0.25) is 9.59 Å². The summed E-state index contributed by atoms with van der Waals surface area (Å²) < 4.78 is 2.54. The van der Waals surface area contributed by atoms with Gasteiger partial charge in [0.05, 0.1) is 11.7 Å². The van der Waals surface area contributed by atoms with E-state index in [1.165, 1.54) is 17.5 Å². The largest absolute Gasteiger partial charge is 0.347 e. The van der Waals surface area contributed by atoms with Crippen LogP contribution < -0.4 is 10.7 Å². The van der Waals surface area contributed by atoms with E-state index in [4.69, 9.17) is 11.6 Å². The fraction of sp³-hybridized carbons (Fsp3) is 0.0500. The van der Waals surface area contributed by atoms with E-state index in [9.17, 15) is 9.59 Å². The lowest BCUT2D eigenvalue weighted by atomic mass is 10.1. The Balaban J connectivity index is 1.76. The second-order valence-electron chi connectivity index (χ2n) is 6.01. The summed E-state index contributed by atoms with van der Waals surface area (Å²) in [7, 11) is 0. The van der Waals surface area contributed by atoms with E-state index in [1.54, 1.807) is 24.4 Å². The lowest BCUT2D eigenvalue weighted by molar-refractivity contribution is 0.0954. The minimum atomic E-state index is -0.273. The average molecular weight is 475 g/mol. The molecule has 0 aliphatic heterocycles. The number of rotatable bonds is 4. The van der Waals surface area contributed by atoms with Gasteiger partial charge in [-0.05, 0) is 46.3 Å². The van der Waals surface area contributed by atoms with Gasteiger partial charge in [0, 0.05) is 34.4 Å². The zero-order valence-electron chi connectivity index (χ0n) is 14.4. The number of halogens is 2. The first kappa shape index (κ1) is 18.9. The summed E-state index contributed by atoms with van der Waals surface area (Å²) in [6.45, 7) is 0.110. The molecule has 4 aromatic rings. The number of nitrogens with one attached hydrogen (secondary N) is 1. The smallest absolute Gasteiger partial charge is 0.263 e. The van der Waals surface area contributed by atoms with Crippen molar-refractivity contribution in [1.82, 2.24) is 14.9 Å². The van der Waals surface area contributed by atoms with Crippen LogP contribution in [0.1, 0.15) is 15.2 Å². The van der Waals surface area contributed by atoms with E-state index >= 15 is 0 Å². The summed E-state index contributed by atoms with van der Waals surface area (Å²) in [5, 5.41) is 3.89. The molecule has 1 amide bonds. The molecule has 2 aromatic carbocycles. The summed E-state index contributed by atoms with van der Waals surface area (Å²) in [5.41, 5.74) is 1.96. The van der Waals surface area contributed by atoms with Gasteiger partial charge in [-0.2, -0.15) is 0 Å². The molecule has 0 saturated heterocycles. The second kappa shape index (κ2) is 7.87. The zero-order valence-corrected chi connectivity index (χ0v) is 17.5. The molecule has 1 N–H and O–H groups in total. The van der Waals surface area contributed by atoms with Crippen LogP contribution in [-0.4, -0.2) is 15.5 Å². The quantitative estimate of drug-likeness (QED) is 0.462. The topological polar surface area (TPSA) is 64.0 Å². The molecule has 0 saturated carbocycles. The summed E-state index contributed by atoms with van der Waals surface area (Å²) in [6, 6.07) is 14.8. The molecule has 0 radical (unpaired) electrons. The van der Waals surface area contributed by atoms with Gasteiger partial charge in [-0.1, -0.05) is 29.8 Å². The highest BCUT2D eigenvalue weighted by Crippen LogP contribution is 2.22. The second-order valence-corrected chi connectivity index (χ2v) is 8.75. The van der Waals surface area contributed by atoms with E-state index in [2.05, 4.69) is 26.2 Å². The van der Waals surface area contributed by atoms with E-state index in [0.717, 1.165) is 5.69 Å². The third-order valence-electron chi connectivity index (χ3n) is 4.22. The highest BCUT2D eigenvalue weighted by Gasteiger charge is 2.14. The van der Waals surface area contributed by atoms with Crippen molar-refractivity contribution in [2.45, 2.75) is 6.54 Å². The highest BCUT2D eigenvalue weighted by molar-refractivity contribution is 9.11. The van der Waals surface area contributed by atoms with Gasteiger partial charge in [-0.25, -0.2) is 4.98 Å². The lowest BCUT2D eigenvalue weighted by Crippen LogP contribution is -2.26. The molecule has 0 fully saturated rings. The predicted octanol–water partition coefficient (Wildman–Crippen LogP) is 4.79. The van der Waals surface area contributed by atoms with Gasteiger partial charge in [-0.15, -0.1) is 11.3 Å². The number of pyridine rings is 1. The molecule has 0 aliphatic carbocycles.